The van der Waals surface area contributed by atoms with E-state index < -0.39 is 20.7 Å². The molecule has 0 heterocycles. The summed E-state index contributed by atoms with van der Waals surface area (Å²) in [6.45, 7) is 10.1. The van der Waals surface area contributed by atoms with Gasteiger partial charge in [-0.15, -0.1) is 0 Å². The summed E-state index contributed by atoms with van der Waals surface area (Å²) in [6.07, 6.45) is 0.811. The van der Waals surface area contributed by atoms with Gasteiger partial charge < -0.3 is 5.11 Å². The molecule has 0 aliphatic carbocycles. The van der Waals surface area contributed by atoms with E-state index in [4.69, 9.17) is 0 Å². The van der Waals surface area contributed by atoms with Crippen LogP contribution in [0.3, 0.4) is 0 Å². The van der Waals surface area contributed by atoms with Crippen molar-refractivity contribution in [2.24, 2.45) is 0 Å². The summed E-state index contributed by atoms with van der Waals surface area (Å²) < 4.78 is 22.4. The molecule has 0 rings (SSSR count). The van der Waals surface area contributed by atoms with Crippen LogP contribution in [0.2, 0.25) is 0 Å². The molecule has 0 fully saturated rings. The maximum absolute atomic E-state index is 11.6. The Kier molecular flexibility index (Phi) is 5.42. The smallest absolute Gasteiger partial charge is 0.153 e. The lowest BCUT2D eigenvalue weighted by molar-refractivity contribution is 0.102. The van der Waals surface area contributed by atoms with Crippen LogP contribution in [0.4, 0.5) is 0 Å². The molecule has 0 aliphatic heterocycles. The second-order valence-electron chi connectivity index (χ2n) is 5.40. The number of hydrogen-bond acceptors (Lipinski definition) is 4. The molecule has 0 aromatic heterocycles. The average Bonchev–Trinajstić information content (AvgIpc) is 1.98. The van der Waals surface area contributed by atoms with Crippen LogP contribution in [0.5, 0.6) is 0 Å². The van der Waals surface area contributed by atoms with Crippen molar-refractivity contribution >= 4 is 9.84 Å². The summed E-state index contributed by atoms with van der Waals surface area (Å²) in [7, 11) is -3.09. The van der Waals surface area contributed by atoms with E-state index in [0.29, 0.717) is 13.1 Å². The van der Waals surface area contributed by atoms with Crippen molar-refractivity contribution in [3.05, 3.63) is 0 Å². The number of aliphatic hydroxyl groups excluding tert-OH is 1. The average molecular weight is 251 g/mol. The summed E-state index contributed by atoms with van der Waals surface area (Å²) in [6, 6.07) is 0.218. The molecule has 1 unspecified atom stereocenters. The van der Waals surface area contributed by atoms with Gasteiger partial charge in [-0.25, -0.2) is 8.42 Å². The molecule has 0 aromatic carbocycles. The maximum atomic E-state index is 11.6. The zero-order chi connectivity index (χ0) is 13.1. The highest BCUT2D eigenvalue weighted by Gasteiger charge is 2.33. The molecule has 98 valence electrons. The van der Waals surface area contributed by atoms with Crippen molar-refractivity contribution in [1.82, 2.24) is 4.90 Å². The summed E-state index contributed by atoms with van der Waals surface area (Å²) in [4.78, 5) is 1.99. The largest absolute Gasteiger partial charge is 0.392 e. The Morgan fingerprint density at radius 1 is 1.25 bits per heavy atom. The lowest BCUT2D eigenvalue weighted by atomic mass is 10.1. The molecule has 16 heavy (non-hydrogen) atoms. The molecule has 0 saturated heterocycles. The Hall–Kier alpha value is -0.130. The minimum Gasteiger partial charge on any atom is -0.392 e. The fourth-order valence-electron chi connectivity index (χ4n) is 1.40. The minimum absolute atomic E-state index is 0.218. The second kappa shape index (κ2) is 5.47. The van der Waals surface area contributed by atoms with Crippen molar-refractivity contribution in [3.63, 3.8) is 0 Å². The molecule has 0 aliphatic rings. The zero-order valence-electron chi connectivity index (χ0n) is 11.2. The van der Waals surface area contributed by atoms with E-state index in [1.807, 2.05) is 18.7 Å². The Bertz CT molecular complexity index is 307. The molecule has 0 radical (unpaired) electrons. The molecule has 0 spiro atoms. The van der Waals surface area contributed by atoms with E-state index in [1.165, 1.54) is 6.26 Å². The van der Waals surface area contributed by atoms with Gasteiger partial charge in [0, 0.05) is 25.4 Å². The maximum Gasteiger partial charge on any atom is 0.153 e. The lowest BCUT2D eigenvalue weighted by Gasteiger charge is -2.34. The van der Waals surface area contributed by atoms with Crippen molar-refractivity contribution in [2.45, 2.75) is 51.5 Å². The van der Waals surface area contributed by atoms with Gasteiger partial charge in [0.15, 0.2) is 9.84 Å². The minimum atomic E-state index is -3.09. The Morgan fingerprint density at radius 2 is 1.69 bits per heavy atom. The predicted molar refractivity (Wildman–Crippen MR) is 67.3 cm³/mol. The summed E-state index contributed by atoms with van der Waals surface area (Å²) in [5.41, 5.74) is 0. The van der Waals surface area contributed by atoms with Crippen molar-refractivity contribution in [3.8, 4) is 0 Å². The Balaban J connectivity index is 4.76. The van der Waals surface area contributed by atoms with E-state index in [2.05, 4.69) is 0 Å². The van der Waals surface area contributed by atoms with Crippen LogP contribution in [0.15, 0.2) is 0 Å². The third kappa shape index (κ3) is 4.80. The summed E-state index contributed by atoms with van der Waals surface area (Å²) in [5, 5.41) is 9.38. The van der Waals surface area contributed by atoms with Crippen molar-refractivity contribution < 1.29 is 13.5 Å². The fraction of sp³-hybridized carbons (Fsp3) is 1.00. The highest BCUT2D eigenvalue weighted by molar-refractivity contribution is 7.92. The molecule has 1 N–H and O–H groups in total. The topological polar surface area (TPSA) is 57.6 Å². The molecule has 4 nitrogen and oxygen atoms in total. The van der Waals surface area contributed by atoms with Crippen LogP contribution < -0.4 is 0 Å². The second-order valence-corrected chi connectivity index (χ2v) is 8.05. The van der Waals surface area contributed by atoms with Crippen LogP contribution in [0.25, 0.3) is 0 Å². The first kappa shape index (κ1) is 15.9. The number of rotatable bonds is 6. The first-order chi connectivity index (χ1) is 6.97. The van der Waals surface area contributed by atoms with Gasteiger partial charge in [0.05, 0.1) is 10.9 Å². The van der Waals surface area contributed by atoms with Gasteiger partial charge in [-0.05, 0) is 34.6 Å². The third-order valence-electron chi connectivity index (χ3n) is 2.82. The van der Waals surface area contributed by atoms with Crippen molar-refractivity contribution in [1.29, 1.82) is 0 Å². The van der Waals surface area contributed by atoms with E-state index in [0.717, 1.165) is 0 Å². The van der Waals surface area contributed by atoms with Crippen LogP contribution in [-0.4, -0.2) is 54.7 Å². The first-order valence-corrected chi connectivity index (χ1v) is 7.48. The van der Waals surface area contributed by atoms with Crippen molar-refractivity contribution in [2.75, 3.05) is 19.3 Å². The van der Waals surface area contributed by atoms with E-state index in [9.17, 15) is 13.5 Å². The van der Waals surface area contributed by atoms with Gasteiger partial charge in [-0.3, -0.25) is 4.90 Å². The quantitative estimate of drug-likeness (QED) is 0.762. The molecule has 0 bridgehead atoms. The number of nitrogens with zero attached hydrogens (tertiary/aromatic N) is 1. The third-order valence-corrected chi connectivity index (χ3v) is 4.95. The highest BCUT2D eigenvalue weighted by atomic mass is 32.2. The Morgan fingerprint density at radius 3 is 1.94 bits per heavy atom. The lowest BCUT2D eigenvalue weighted by Crippen LogP contribution is -2.48. The van der Waals surface area contributed by atoms with Crippen LogP contribution >= 0.6 is 0 Å². The van der Waals surface area contributed by atoms with Gasteiger partial charge in [-0.2, -0.15) is 0 Å². The van der Waals surface area contributed by atoms with Gasteiger partial charge in [0.1, 0.15) is 0 Å². The number of aliphatic hydroxyl groups is 1. The zero-order valence-corrected chi connectivity index (χ0v) is 12.0. The molecule has 0 amide bonds. The first-order valence-electron chi connectivity index (χ1n) is 5.59. The van der Waals surface area contributed by atoms with E-state index in [-0.39, 0.29) is 6.04 Å². The highest BCUT2D eigenvalue weighted by Crippen LogP contribution is 2.18. The predicted octanol–water partition coefficient (Wildman–Crippen LogP) is 0.901. The summed E-state index contributed by atoms with van der Waals surface area (Å²) >= 11 is 0. The van der Waals surface area contributed by atoms with Gasteiger partial charge in [0.2, 0.25) is 0 Å². The SMILES string of the molecule is CC(O)CN(CC(C)(C)S(C)(=O)=O)C(C)C. The van der Waals surface area contributed by atoms with Gasteiger partial charge in [0.25, 0.3) is 0 Å². The standard InChI is InChI=1S/C11H25NO3S/c1-9(2)12(7-10(3)13)8-11(4,5)16(6,14)15/h9-10,13H,7-8H2,1-6H3. The molecule has 0 aromatic rings. The summed E-state index contributed by atoms with van der Waals surface area (Å²) in [5.74, 6) is 0. The van der Waals surface area contributed by atoms with Gasteiger partial charge >= 0.3 is 0 Å². The number of sulfone groups is 1. The fourth-order valence-corrected chi connectivity index (χ4v) is 1.80. The molecule has 5 heteroatoms. The van der Waals surface area contributed by atoms with Crippen LogP contribution in [0, 0.1) is 0 Å². The Labute approximate surface area is 99.6 Å². The van der Waals surface area contributed by atoms with E-state index >= 15 is 0 Å². The van der Waals surface area contributed by atoms with Gasteiger partial charge in [-0.1, -0.05) is 0 Å². The molecule has 0 saturated carbocycles. The molecular weight excluding hydrogens is 226 g/mol. The van der Waals surface area contributed by atoms with Crippen LogP contribution in [-0.2, 0) is 9.84 Å². The van der Waals surface area contributed by atoms with E-state index in [1.54, 1.807) is 20.8 Å². The monoisotopic (exact) mass is 251 g/mol. The van der Waals surface area contributed by atoms with Crippen LogP contribution in [0.1, 0.15) is 34.6 Å². The molecular formula is C11H25NO3S. The number of hydrogen-bond donors (Lipinski definition) is 1. The normalized spacial score (nSPS) is 15.8. The molecule has 1 atom stereocenters.